The topological polar surface area (TPSA) is 37.3 Å². The third-order valence-corrected chi connectivity index (χ3v) is 4.72. The van der Waals surface area contributed by atoms with Gasteiger partial charge in [0.05, 0.1) is 0 Å². The normalized spacial score (nSPS) is 26.9. The van der Waals surface area contributed by atoms with E-state index >= 15 is 0 Å². The minimum atomic E-state index is -1.15. The Labute approximate surface area is 106 Å². The number of Topliss-reactive ketones (excluding diaryl/α,β-unsaturated/α-hetero) is 1. The summed E-state index contributed by atoms with van der Waals surface area (Å²) >= 11 is 0. The summed E-state index contributed by atoms with van der Waals surface area (Å²) in [6, 6.07) is 0. The monoisotopic (exact) mass is 240 g/mol. The van der Waals surface area contributed by atoms with Crippen LogP contribution in [0.4, 0.5) is 0 Å². The highest BCUT2D eigenvalue weighted by molar-refractivity contribution is 5.88. The second-order valence-corrected chi connectivity index (χ2v) is 6.81. The Balaban J connectivity index is 2.55. The molecule has 0 unspecified atom stereocenters. The predicted molar refractivity (Wildman–Crippen MR) is 70.8 cm³/mol. The largest absolute Gasteiger partial charge is 0.383 e. The van der Waals surface area contributed by atoms with E-state index in [1.807, 2.05) is 0 Å². The molecule has 1 rings (SSSR count). The SMILES string of the molecule is CCC(C)(C)C1CCC(C(=O)C(C)(C)O)CC1. The third kappa shape index (κ3) is 3.54. The Bertz CT molecular complexity index is 265. The highest BCUT2D eigenvalue weighted by Gasteiger charge is 2.37. The molecule has 0 aromatic heterocycles. The Morgan fingerprint density at radius 3 is 1.94 bits per heavy atom. The maximum atomic E-state index is 12.0. The van der Waals surface area contributed by atoms with Crippen LogP contribution < -0.4 is 0 Å². The minimum Gasteiger partial charge on any atom is -0.383 e. The average Bonchev–Trinajstić information content (AvgIpc) is 2.27. The summed E-state index contributed by atoms with van der Waals surface area (Å²) < 4.78 is 0. The standard InChI is InChI=1S/C15H28O2/c1-6-14(2,3)12-9-7-11(8-10-12)13(16)15(4,5)17/h11-12,17H,6-10H2,1-5H3. The van der Waals surface area contributed by atoms with Gasteiger partial charge in [-0.15, -0.1) is 0 Å². The number of hydrogen-bond donors (Lipinski definition) is 1. The van der Waals surface area contributed by atoms with Gasteiger partial charge in [-0.2, -0.15) is 0 Å². The molecule has 2 nitrogen and oxygen atoms in total. The molecular weight excluding hydrogens is 212 g/mol. The molecule has 1 aliphatic carbocycles. The van der Waals surface area contributed by atoms with E-state index in [9.17, 15) is 9.90 Å². The van der Waals surface area contributed by atoms with E-state index in [2.05, 4.69) is 20.8 Å². The van der Waals surface area contributed by atoms with Gasteiger partial charge in [0.15, 0.2) is 5.78 Å². The summed E-state index contributed by atoms with van der Waals surface area (Å²) in [6.07, 6.45) is 5.37. The summed E-state index contributed by atoms with van der Waals surface area (Å²) in [5.74, 6) is 0.850. The quantitative estimate of drug-likeness (QED) is 0.815. The Kier molecular flexibility index (Phi) is 4.40. The van der Waals surface area contributed by atoms with E-state index in [0.717, 1.165) is 31.6 Å². The van der Waals surface area contributed by atoms with Gasteiger partial charge in [-0.05, 0) is 50.9 Å². The van der Waals surface area contributed by atoms with Gasteiger partial charge in [-0.25, -0.2) is 0 Å². The molecule has 0 saturated heterocycles. The lowest BCUT2D eigenvalue weighted by atomic mass is 9.66. The summed E-state index contributed by atoms with van der Waals surface area (Å²) in [4.78, 5) is 12.0. The summed E-state index contributed by atoms with van der Waals surface area (Å²) in [7, 11) is 0. The number of rotatable bonds is 4. The molecule has 1 aliphatic rings. The zero-order valence-corrected chi connectivity index (χ0v) is 12.0. The number of ketones is 1. The first-order chi connectivity index (χ1) is 7.68. The highest BCUT2D eigenvalue weighted by Crippen LogP contribution is 2.42. The number of carbonyl (C=O) groups is 1. The number of hydrogen-bond acceptors (Lipinski definition) is 2. The van der Waals surface area contributed by atoms with E-state index in [4.69, 9.17) is 0 Å². The van der Waals surface area contributed by atoms with Gasteiger partial charge in [0, 0.05) is 5.92 Å². The van der Waals surface area contributed by atoms with Crippen molar-refractivity contribution < 1.29 is 9.90 Å². The predicted octanol–water partition coefficient (Wildman–Crippen LogP) is 3.57. The lowest BCUT2D eigenvalue weighted by Crippen LogP contribution is -2.39. The molecule has 0 aliphatic heterocycles. The van der Waals surface area contributed by atoms with E-state index < -0.39 is 5.60 Å². The van der Waals surface area contributed by atoms with Crippen molar-refractivity contribution in [2.75, 3.05) is 0 Å². The lowest BCUT2D eigenvalue weighted by molar-refractivity contribution is -0.140. The van der Waals surface area contributed by atoms with Crippen molar-refractivity contribution in [3.8, 4) is 0 Å². The molecule has 0 aromatic rings. The molecule has 0 atom stereocenters. The van der Waals surface area contributed by atoms with Crippen molar-refractivity contribution in [2.24, 2.45) is 17.3 Å². The van der Waals surface area contributed by atoms with Crippen LogP contribution in [0.15, 0.2) is 0 Å². The summed E-state index contributed by atoms with van der Waals surface area (Å²) in [6.45, 7) is 10.1. The van der Waals surface area contributed by atoms with E-state index in [0.29, 0.717) is 5.41 Å². The van der Waals surface area contributed by atoms with Crippen molar-refractivity contribution in [3.05, 3.63) is 0 Å². The van der Waals surface area contributed by atoms with Crippen LogP contribution in [0.2, 0.25) is 0 Å². The van der Waals surface area contributed by atoms with Crippen molar-refractivity contribution >= 4 is 5.78 Å². The molecule has 2 heteroatoms. The van der Waals surface area contributed by atoms with E-state index in [-0.39, 0.29) is 11.7 Å². The van der Waals surface area contributed by atoms with Crippen LogP contribution in [0.5, 0.6) is 0 Å². The number of carbonyl (C=O) groups excluding carboxylic acids is 1. The molecule has 1 saturated carbocycles. The lowest BCUT2D eigenvalue weighted by Gasteiger charge is -2.39. The molecule has 0 bridgehead atoms. The number of aliphatic hydroxyl groups is 1. The fourth-order valence-corrected chi connectivity index (χ4v) is 2.93. The Morgan fingerprint density at radius 2 is 1.59 bits per heavy atom. The zero-order chi connectivity index (χ0) is 13.3. The second-order valence-electron chi connectivity index (χ2n) is 6.81. The maximum absolute atomic E-state index is 12.0. The molecule has 0 amide bonds. The fraction of sp³-hybridized carbons (Fsp3) is 0.933. The smallest absolute Gasteiger partial charge is 0.166 e. The average molecular weight is 240 g/mol. The second kappa shape index (κ2) is 5.09. The van der Waals surface area contributed by atoms with Crippen molar-refractivity contribution in [1.82, 2.24) is 0 Å². The van der Waals surface area contributed by atoms with Crippen LogP contribution in [0.25, 0.3) is 0 Å². The molecular formula is C15H28O2. The molecule has 0 spiro atoms. The van der Waals surface area contributed by atoms with Gasteiger partial charge in [0.25, 0.3) is 0 Å². The summed E-state index contributed by atoms with van der Waals surface area (Å²) in [5.41, 5.74) is -0.763. The molecule has 17 heavy (non-hydrogen) atoms. The third-order valence-electron chi connectivity index (χ3n) is 4.72. The fourth-order valence-electron chi connectivity index (χ4n) is 2.93. The Morgan fingerprint density at radius 1 is 1.12 bits per heavy atom. The van der Waals surface area contributed by atoms with Crippen molar-refractivity contribution in [1.29, 1.82) is 0 Å². The molecule has 100 valence electrons. The van der Waals surface area contributed by atoms with Gasteiger partial charge >= 0.3 is 0 Å². The molecule has 0 heterocycles. The van der Waals surface area contributed by atoms with Crippen LogP contribution in [0.1, 0.15) is 66.7 Å². The van der Waals surface area contributed by atoms with Gasteiger partial charge in [-0.3, -0.25) is 4.79 Å². The highest BCUT2D eigenvalue weighted by atomic mass is 16.3. The van der Waals surface area contributed by atoms with Gasteiger partial charge in [0.2, 0.25) is 0 Å². The van der Waals surface area contributed by atoms with Gasteiger partial charge in [0.1, 0.15) is 5.60 Å². The minimum absolute atomic E-state index is 0.0326. The van der Waals surface area contributed by atoms with E-state index in [1.165, 1.54) is 6.42 Å². The van der Waals surface area contributed by atoms with Crippen LogP contribution in [-0.2, 0) is 4.79 Å². The summed E-state index contributed by atoms with van der Waals surface area (Å²) in [5, 5.41) is 9.76. The van der Waals surface area contributed by atoms with Crippen LogP contribution in [0.3, 0.4) is 0 Å². The van der Waals surface area contributed by atoms with Crippen molar-refractivity contribution in [3.63, 3.8) is 0 Å². The van der Waals surface area contributed by atoms with Gasteiger partial charge in [-0.1, -0.05) is 27.2 Å². The van der Waals surface area contributed by atoms with Crippen LogP contribution >= 0.6 is 0 Å². The van der Waals surface area contributed by atoms with E-state index in [1.54, 1.807) is 13.8 Å². The maximum Gasteiger partial charge on any atom is 0.166 e. The first-order valence-corrected chi connectivity index (χ1v) is 6.95. The molecule has 0 aromatic carbocycles. The zero-order valence-electron chi connectivity index (χ0n) is 12.0. The Hall–Kier alpha value is -0.370. The van der Waals surface area contributed by atoms with Crippen molar-refractivity contribution in [2.45, 2.75) is 72.3 Å². The molecule has 1 fully saturated rings. The first kappa shape index (κ1) is 14.7. The van der Waals surface area contributed by atoms with Gasteiger partial charge < -0.3 is 5.11 Å². The molecule has 0 radical (unpaired) electrons. The first-order valence-electron chi connectivity index (χ1n) is 6.95. The van der Waals surface area contributed by atoms with Crippen LogP contribution in [0, 0.1) is 17.3 Å². The van der Waals surface area contributed by atoms with Crippen LogP contribution in [-0.4, -0.2) is 16.5 Å². The molecule has 1 N–H and O–H groups in total.